The summed E-state index contributed by atoms with van der Waals surface area (Å²) in [5.74, 6) is -0.0778. The summed E-state index contributed by atoms with van der Waals surface area (Å²) in [5, 5.41) is 23.9. The van der Waals surface area contributed by atoms with Crippen LogP contribution in [0.2, 0.25) is 0 Å². The third kappa shape index (κ3) is 3.39. The number of anilines is 3. The van der Waals surface area contributed by atoms with Gasteiger partial charge in [0, 0.05) is 26.4 Å². The summed E-state index contributed by atoms with van der Waals surface area (Å²) in [7, 11) is 1.76. The number of azo groups is 1. The Balaban J connectivity index is 2.10. The van der Waals surface area contributed by atoms with Crippen LogP contribution < -0.4 is 16.8 Å². The molecule has 0 aliphatic rings. The van der Waals surface area contributed by atoms with Gasteiger partial charge in [-0.25, -0.2) is 4.98 Å². The third-order valence-electron chi connectivity index (χ3n) is 3.32. The Hall–Kier alpha value is -4.34. The summed E-state index contributed by atoms with van der Waals surface area (Å²) in [4.78, 5) is 23.2. The minimum atomic E-state index is -0.403. The van der Waals surface area contributed by atoms with Gasteiger partial charge in [0.25, 0.3) is 0 Å². The van der Waals surface area contributed by atoms with E-state index in [1.54, 1.807) is 24.0 Å². The first-order valence-corrected chi connectivity index (χ1v) is 7.48. The molecule has 0 saturated carbocycles. The normalized spacial score (nSPS) is 10.9. The lowest BCUT2D eigenvalue weighted by Crippen LogP contribution is -2.11. The molecule has 27 heavy (non-hydrogen) atoms. The van der Waals surface area contributed by atoms with Crippen molar-refractivity contribution in [1.29, 1.82) is 5.26 Å². The lowest BCUT2D eigenvalue weighted by atomic mass is 10.4. The molecule has 1 amide bonds. The molecule has 0 saturated heterocycles. The summed E-state index contributed by atoms with van der Waals surface area (Å²) in [6.07, 6.45) is 4.62. The zero-order chi connectivity index (χ0) is 19.6. The van der Waals surface area contributed by atoms with Crippen molar-refractivity contribution < 1.29 is 4.79 Å². The van der Waals surface area contributed by atoms with Gasteiger partial charge in [-0.1, -0.05) is 0 Å². The largest absolute Gasteiger partial charge is 0.382 e. The van der Waals surface area contributed by atoms with E-state index in [1.165, 1.54) is 17.8 Å². The maximum Gasteiger partial charge on any atom is 0.232 e. The van der Waals surface area contributed by atoms with E-state index in [9.17, 15) is 10.1 Å². The zero-order valence-electron chi connectivity index (χ0n) is 14.3. The number of nitrogen functional groups attached to an aromatic ring is 2. The molecule has 0 aliphatic heterocycles. The van der Waals surface area contributed by atoms with Gasteiger partial charge >= 0.3 is 0 Å². The molecule has 0 aromatic carbocycles. The minimum Gasteiger partial charge on any atom is -0.382 e. The first-order valence-electron chi connectivity index (χ1n) is 7.48. The number of hydrogen-bond donors (Lipinski definition) is 3. The highest BCUT2D eigenvalue weighted by Gasteiger charge is 2.17. The van der Waals surface area contributed by atoms with E-state index in [2.05, 4.69) is 35.6 Å². The third-order valence-corrected chi connectivity index (χ3v) is 3.32. The second-order valence-electron chi connectivity index (χ2n) is 5.29. The number of aryl methyl sites for hydroxylation is 1. The Kier molecular flexibility index (Phi) is 4.45. The molecule has 3 heterocycles. The van der Waals surface area contributed by atoms with Gasteiger partial charge in [-0.15, -0.1) is 10.2 Å². The van der Waals surface area contributed by atoms with Gasteiger partial charge in [-0.3, -0.25) is 4.79 Å². The van der Waals surface area contributed by atoms with Gasteiger partial charge in [0.1, 0.15) is 11.6 Å². The Bertz CT molecular complexity index is 1090. The van der Waals surface area contributed by atoms with Crippen LogP contribution in [-0.4, -0.2) is 35.2 Å². The molecule has 5 N–H and O–H groups in total. The molecule has 0 fully saturated rings. The van der Waals surface area contributed by atoms with E-state index in [0.29, 0.717) is 5.95 Å². The summed E-state index contributed by atoms with van der Waals surface area (Å²) >= 11 is 0. The summed E-state index contributed by atoms with van der Waals surface area (Å²) in [6.45, 7) is 1.29. The number of carbonyl (C=O) groups excluding carboxylic acids is 1. The Labute approximate surface area is 152 Å². The average molecular weight is 366 g/mol. The SMILES string of the molecule is CC(=O)Nc1nc(N)nc(N)c1N=Nc1c(C#N)cnn1-c1nccn1C. The molecule has 3 aromatic rings. The maximum atomic E-state index is 11.4. The zero-order valence-corrected chi connectivity index (χ0v) is 14.3. The van der Waals surface area contributed by atoms with Gasteiger partial charge < -0.3 is 21.4 Å². The first-order chi connectivity index (χ1) is 12.9. The van der Waals surface area contributed by atoms with Gasteiger partial charge in [0.05, 0.1) is 6.20 Å². The monoisotopic (exact) mass is 366 g/mol. The lowest BCUT2D eigenvalue weighted by Gasteiger charge is -2.07. The number of hydrogen-bond acceptors (Lipinski definition) is 10. The quantitative estimate of drug-likeness (QED) is 0.564. The van der Waals surface area contributed by atoms with Crippen LogP contribution in [0.3, 0.4) is 0 Å². The molecule has 136 valence electrons. The number of nitriles is 1. The molecule has 0 aliphatic carbocycles. The van der Waals surface area contributed by atoms with Crippen molar-refractivity contribution in [2.45, 2.75) is 6.92 Å². The van der Waals surface area contributed by atoms with Crippen LogP contribution >= 0.6 is 0 Å². The molecular weight excluding hydrogens is 352 g/mol. The molecule has 13 nitrogen and oxygen atoms in total. The summed E-state index contributed by atoms with van der Waals surface area (Å²) < 4.78 is 3.03. The Morgan fingerprint density at radius 2 is 2.11 bits per heavy atom. The van der Waals surface area contributed by atoms with Crippen molar-refractivity contribution in [2.75, 3.05) is 16.8 Å². The van der Waals surface area contributed by atoms with Crippen LogP contribution in [0.5, 0.6) is 0 Å². The number of nitrogens with one attached hydrogen (secondary N) is 1. The van der Waals surface area contributed by atoms with Crippen molar-refractivity contribution in [3.8, 4) is 12.0 Å². The van der Waals surface area contributed by atoms with Crippen molar-refractivity contribution >= 4 is 35.0 Å². The van der Waals surface area contributed by atoms with Gasteiger partial charge in [-0.2, -0.15) is 25.0 Å². The molecule has 0 atom stereocenters. The topological polar surface area (TPSA) is 191 Å². The van der Waals surface area contributed by atoms with Crippen LogP contribution in [0, 0.1) is 11.3 Å². The van der Waals surface area contributed by atoms with Crippen LogP contribution in [0.15, 0.2) is 28.8 Å². The summed E-state index contributed by atoms with van der Waals surface area (Å²) in [5.41, 5.74) is 11.5. The first kappa shape index (κ1) is 17.5. The number of aromatic nitrogens is 6. The number of nitrogens with zero attached hydrogens (tertiary/aromatic N) is 9. The van der Waals surface area contributed by atoms with E-state index >= 15 is 0 Å². The van der Waals surface area contributed by atoms with Crippen molar-refractivity contribution in [2.24, 2.45) is 17.3 Å². The predicted molar refractivity (Wildman–Crippen MR) is 94.4 cm³/mol. The second kappa shape index (κ2) is 6.88. The number of amides is 1. The predicted octanol–water partition coefficient (Wildman–Crippen LogP) is 0.806. The van der Waals surface area contributed by atoms with Crippen LogP contribution in [0.25, 0.3) is 5.95 Å². The van der Waals surface area contributed by atoms with Crippen LogP contribution in [0.1, 0.15) is 12.5 Å². The smallest absolute Gasteiger partial charge is 0.232 e. The standard InChI is InChI=1S/C14H14N12O/c1-7(27)20-11-9(10(16)21-13(17)22-11)23-24-12-8(5-15)6-19-26(12)14-18-3-4-25(14)2/h3-4,6H,1-2H3,(H5,16,17,20,21,22,27). The van der Waals surface area contributed by atoms with Crippen molar-refractivity contribution in [3.63, 3.8) is 0 Å². The molecule has 0 bridgehead atoms. The number of rotatable bonds is 4. The van der Waals surface area contributed by atoms with E-state index in [1.807, 2.05) is 6.07 Å². The molecule has 0 unspecified atom stereocenters. The van der Waals surface area contributed by atoms with Crippen LogP contribution in [-0.2, 0) is 11.8 Å². The number of carbonyl (C=O) groups is 1. The fraction of sp³-hybridized carbons (Fsp3) is 0.143. The van der Waals surface area contributed by atoms with E-state index in [0.717, 1.165) is 0 Å². The highest BCUT2D eigenvalue weighted by Crippen LogP contribution is 2.32. The molecular formula is C14H14N12O. The Morgan fingerprint density at radius 1 is 1.33 bits per heavy atom. The van der Waals surface area contributed by atoms with Crippen LogP contribution in [0.4, 0.5) is 29.1 Å². The fourth-order valence-electron chi connectivity index (χ4n) is 2.17. The van der Waals surface area contributed by atoms with Gasteiger partial charge in [-0.05, 0) is 0 Å². The maximum absolute atomic E-state index is 11.4. The molecule has 13 heteroatoms. The lowest BCUT2D eigenvalue weighted by molar-refractivity contribution is -0.114. The highest BCUT2D eigenvalue weighted by molar-refractivity contribution is 5.92. The van der Waals surface area contributed by atoms with Gasteiger partial charge in [0.15, 0.2) is 23.1 Å². The van der Waals surface area contributed by atoms with E-state index < -0.39 is 5.91 Å². The average Bonchev–Trinajstić information content (AvgIpc) is 3.18. The molecule has 0 radical (unpaired) electrons. The van der Waals surface area contributed by atoms with Crippen molar-refractivity contribution in [1.82, 2.24) is 29.3 Å². The second-order valence-corrected chi connectivity index (χ2v) is 5.29. The van der Waals surface area contributed by atoms with E-state index in [4.69, 9.17) is 11.5 Å². The molecule has 3 rings (SSSR count). The van der Waals surface area contributed by atoms with Gasteiger partial charge in [0.2, 0.25) is 17.8 Å². The Morgan fingerprint density at radius 3 is 2.74 bits per heavy atom. The molecule has 0 spiro atoms. The minimum absolute atomic E-state index is 0.00202. The number of nitrogens with two attached hydrogens (primary N) is 2. The molecule has 3 aromatic heterocycles. The number of imidazole rings is 1. The van der Waals surface area contributed by atoms with Crippen molar-refractivity contribution in [3.05, 3.63) is 24.2 Å². The fourth-order valence-corrected chi connectivity index (χ4v) is 2.17. The van der Waals surface area contributed by atoms with E-state index in [-0.39, 0.29) is 34.7 Å². The summed E-state index contributed by atoms with van der Waals surface area (Å²) in [6, 6.07) is 1.98. The highest BCUT2D eigenvalue weighted by atomic mass is 16.1.